The summed E-state index contributed by atoms with van der Waals surface area (Å²) in [6.45, 7) is 5.03. The van der Waals surface area contributed by atoms with E-state index in [9.17, 15) is 0 Å². The molecule has 1 aromatic rings. The lowest BCUT2D eigenvalue weighted by Crippen LogP contribution is -2.43. The third-order valence-corrected chi connectivity index (χ3v) is 3.17. The summed E-state index contributed by atoms with van der Waals surface area (Å²) in [5.41, 5.74) is 0. The molecular weight excluding hydrogens is 202 g/mol. The Balaban J connectivity index is 1.88. The molecule has 1 aliphatic heterocycles. The summed E-state index contributed by atoms with van der Waals surface area (Å²) in [5, 5.41) is 3.61. The summed E-state index contributed by atoms with van der Waals surface area (Å²) in [5.74, 6) is 1.62. The molecule has 0 aromatic carbocycles. The highest BCUT2D eigenvalue weighted by Gasteiger charge is 2.25. The van der Waals surface area contributed by atoms with Gasteiger partial charge in [0, 0.05) is 25.0 Å². The number of ether oxygens (including phenoxy) is 1. The lowest BCUT2D eigenvalue weighted by molar-refractivity contribution is 0.0304. The quantitative estimate of drug-likeness (QED) is 0.831. The van der Waals surface area contributed by atoms with Crippen molar-refractivity contribution in [3.05, 3.63) is 24.2 Å². The molecule has 3 heteroatoms. The van der Waals surface area contributed by atoms with Gasteiger partial charge in [-0.1, -0.05) is 6.92 Å². The van der Waals surface area contributed by atoms with Crippen molar-refractivity contribution in [3.63, 3.8) is 0 Å². The van der Waals surface area contributed by atoms with Gasteiger partial charge >= 0.3 is 0 Å². The van der Waals surface area contributed by atoms with E-state index >= 15 is 0 Å². The minimum absolute atomic E-state index is 0.548. The first-order valence-corrected chi connectivity index (χ1v) is 6.23. The van der Waals surface area contributed by atoms with Gasteiger partial charge in [0.15, 0.2) is 0 Å². The monoisotopic (exact) mass is 223 g/mol. The molecule has 16 heavy (non-hydrogen) atoms. The van der Waals surface area contributed by atoms with E-state index in [2.05, 4.69) is 12.2 Å². The summed E-state index contributed by atoms with van der Waals surface area (Å²) < 4.78 is 11.0. The van der Waals surface area contributed by atoms with E-state index in [4.69, 9.17) is 9.15 Å². The molecule has 0 amide bonds. The van der Waals surface area contributed by atoms with Crippen LogP contribution in [0, 0.1) is 5.92 Å². The molecule has 0 aliphatic carbocycles. The Morgan fingerprint density at radius 2 is 2.44 bits per heavy atom. The van der Waals surface area contributed by atoms with Crippen LogP contribution in [0.1, 0.15) is 25.5 Å². The third-order valence-electron chi connectivity index (χ3n) is 3.17. The Bertz CT molecular complexity index is 284. The number of hydrogen-bond acceptors (Lipinski definition) is 3. The van der Waals surface area contributed by atoms with Crippen LogP contribution in [0.4, 0.5) is 0 Å². The first-order chi connectivity index (χ1) is 7.90. The van der Waals surface area contributed by atoms with Crippen LogP contribution < -0.4 is 5.32 Å². The van der Waals surface area contributed by atoms with Gasteiger partial charge in [0.2, 0.25) is 0 Å². The Morgan fingerprint density at radius 3 is 3.19 bits per heavy atom. The molecular formula is C13H21NO2. The van der Waals surface area contributed by atoms with E-state index < -0.39 is 0 Å². The molecule has 2 atom stereocenters. The third kappa shape index (κ3) is 3.09. The Labute approximate surface area is 97.2 Å². The second-order valence-corrected chi connectivity index (χ2v) is 4.47. The molecule has 1 aromatic heterocycles. The van der Waals surface area contributed by atoms with E-state index in [1.54, 1.807) is 6.26 Å². The molecule has 1 fully saturated rings. The molecule has 1 N–H and O–H groups in total. The Hall–Kier alpha value is -0.800. The average molecular weight is 223 g/mol. The van der Waals surface area contributed by atoms with E-state index in [-0.39, 0.29) is 0 Å². The van der Waals surface area contributed by atoms with E-state index in [0.717, 1.165) is 38.4 Å². The molecule has 1 aliphatic rings. The van der Waals surface area contributed by atoms with Crippen molar-refractivity contribution in [2.45, 2.75) is 32.2 Å². The van der Waals surface area contributed by atoms with Crippen LogP contribution in [-0.4, -0.2) is 25.8 Å². The first-order valence-electron chi connectivity index (χ1n) is 6.23. The zero-order valence-corrected chi connectivity index (χ0v) is 9.95. The van der Waals surface area contributed by atoms with Crippen LogP contribution in [0.2, 0.25) is 0 Å². The minimum Gasteiger partial charge on any atom is -0.469 e. The lowest BCUT2D eigenvalue weighted by Gasteiger charge is -2.31. The summed E-state index contributed by atoms with van der Waals surface area (Å²) in [4.78, 5) is 0. The highest BCUT2D eigenvalue weighted by molar-refractivity contribution is 5.01. The molecule has 90 valence electrons. The predicted molar refractivity (Wildman–Crippen MR) is 63.4 cm³/mol. The number of rotatable bonds is 5. The van der Waals surface area contributed by atoms with Crippen molar-refractivity contribution >= 4 is 0 Å². The van der Waals surface area contributed by atoms with E-state index in [1.807, 2.05) is 12.1 Å². The van der Waals surface area contributed by atoms with Gasteiger partial charge in [-0.25, -0.2) is 0 Å². The molecule has 0 radical (unpaired) electrons. The molecule has 0 saturated carbocycles. The van der Waals surface area contributed by atoms with Crippen LogP contribution in [-0.2, 0) is 11.2 Å². The SMILES string of the molecule is CCCNC1CCOCC1Cc1ccco1. The molecule has 0 spiro atoms. The molecule has 3 nitrogen and oxygen atoms in total. The van der Waals surface area contributed by atoms with Crippen molar-refractivity contribution in [1.29, 1.82) is 0 Å². The maximum Gasteiger partial charge on any atom is 0.104 e. The topological polar surface area (TPSA) is 34.4 Å². The zero-order valence-electron chi connectivity index (χ0n) is 9.95. The minimum atomic E-state index is 0.548. The number of furan rings is 1. The second kappa shape index (κ2) is 6.06. The highest BCUT2D eigenvalue weighted by atomic mass is 16.5. The summed E-state index contributed by atoms with van der Waals surface area (Å²) in [6.07, 6.45) is 5.03. The Morgan fingerprint density at radius 1 is 1.50 bits per heavy atom. The lowest BCUT2D eigenvalue weighted by atomic mass is 9.91. The van der Waals surface area contributed by atoms with Gasteiger partial charge in [-0.3, -0.25) is 0 Å². The Kier molecular flexibility index (Phi) is 4.43. The maximum absolute atomic E-state index is 5.56. The van der Waals surface area contributed by atoms with Crippen LogP contribution in [0.25, 0.3) is 0 Å². The fourth-order valence-corrected chi connectivity index (χ4v) is 2.28. The molecule has 2 unspecified atom stereocenters. The average Bonchev–Trinajstić information content (AvgIpc) is 2.81. The fraction of sp³-hybridized carbons (Fsp3) is 0.692. The highest BCUT2D eigenvalue weighted by Crippen LogP contribution is 2.20. The van der Waals surface area contributed by atoms with Gasteiger partial charge < -0.3 is 14.5 Å². The summed E-state index contributed by atoms with van der Waals surface area (Å²) in [7, 11) is 0. The van der Waals surface area contributed by atoms with E-state index in [0.29, 0.717) is 12.0 Å². The van der Waals surface area contributed by atoms with Crippen LogP contribution in [0.15, 0.2) is 22.8 Å². The molecule has 0 bridgehead atoms. The van der Waals surface area contributed by atoms with Gasteiger partial charge in [-0.15, -0.1) is 0 Å². The number of nitrogens with one attached hydrogen (secondary N) is 1. The molecule has 1 saturated heterocycles. The second-order valence-electron chi connectivity index (χ2n) is 4.47. The van der Waals surface area contributed by atoms with Crippen LogP contribution in [0.5, 0.6) is 0 Å². The van der Waals surface area contributed by atoms with Gasteiger partial charge in [0.1, 0.15) is 5.76 Å². The standard InChI is InChI=1S/C13H21NO2/c1-2-6-14-13-5-8-15-10-11(13)9-12-4-3-7-16-12/h3-4,7,11,13-14H,2,5-6,8-10H2,1H3. The van der Waals surface area contributed by atoms with Crippen molar-refractivity contribution in [2.24, 2.45) is 5.92 Å². The van der Waals surface area contributed by atoms with Crippen molar-refractivity contribution in [2.75, 3.05) is 19.8 Å². The summed E-state index contributed by atoms with van der Waals surface area (Å²) in [6, 6.07) is 4.58. The zero-order chi connectivity index (χ0) is 11.2. The smallest absolute Gasteiger partial charge is 0.104 e. The number of hydrogen-bond donors (Lipinski definition) is 1. The molecule has 2 rings (SSSR count). The van der Waals surface area contributed by atoms with Crippen LogP contribution >= 0.6 is 0 Å². The van der Waals surface area contributed by atoms with Gasteiger partial charge in [0.05, 0.1) is 12.9 Å². The first kappa shape index (κ1) is 11.7. The maximum atomic E-state index is 5.56. The van der Waals surface area contributed by atoms with Crippen molar-refractivity contribution in [3.8, 4) is 0 Å². The normalized spacial score (nSPS) is 25.8. The van der Waals surface area contributed by atoms with Crippen LogP contribution in [0.3, 0.4) is 0 Å². The summed E-state index contributed by atoms with van der Waals surface area (Å²) >= 11 is 0. The van der Waals surface area contributed by atoms with Gasteiger partial charge in [-0.2, -0.15) is 0 Å². The fourth-order valence-electron chi connectivity index (χ4n) is 2.28. The van der Waals surface area contributed by atoms with E-state index in [1.165, 1.54) is 6.42 Å². The largest absolute Gasteiger partial charge is 0.469 e. The predicted octanol–water partition coefficient (Wildman–Crippen LogP) is 2.23. The van der Waals surface area contributed by atoms with Crippen molar-refractivity contribution in [1.82, 2.24) is 5.32 Å². The van der Waals surface area contributed by atoms with Gasteiger partial charge in [0.25, 0.3) is 0 Å². The van der Waals surface area contributed by atoms with Gasteiger partial charge in [-0.05, 0) is 31.5 Å². The van der Waals surface area contributed by atoms with Crippen molar-refractivity contribution < 1.29 is 9.15 Å². The molecule has 2 heterocycles.